The minimum atomic E-state index is -4.40. The van der Waals surface area contributed by atoms with Crippen molar-refractivity contribution in [2.75, 3.05) is 26.4 Å². The van der Waals surface area contributed by atoms with E-state index in [9.17, 15) is 19.0 Å². The van der Waals surface area contributed by atoms with Gasteiger partial charge in [0.2, 0.25) is 0 Å². The molecule has 2 atom stereocenters. The molecule has 0 rings (SSSR count). The molecule has 0 amide bonds. The van der Waals surface area contributed by atoms with Crippen LogP contribution in [0.1, 0.15) is 348 Å². The summed E-state index contributed by atoms with van der Waals surface area (Å²) < 4.78 is 33.2. The van der Waals surface area contributed by atoms with Gasteiger partial charge in [0.15, 0.2) is 6.10 Å². The van der Waals surface area contributed by atoms with Gasteiger partial charge in [-0.3, -0.25) is 18.6 Å². The van der Waals surface area contributed by atoms with Crippen LogP contribution in [0.2, 0.25) is 0 Å². The highest BCUT2D eigenvalue weighted by atomic mass is 31.2. The Balaban J connectivity index is 3.88. The Hall–Kier alpha value is -3.85. The number of rotatable bonds is 72. The molecule has 0 saturated heterocycles. The van der Waals surface area contributed by atoms with Crippen molar-refractivity contribution in [2.24, 2.45) is 5.73 Å². The van der Waals surface area contributed by atoms with E-state index >= 15 is 0 Å². The Labute approximate surface area is 574 Å². The highest BCUT2D eigenvalue weighted by Gasteiger charge is 2.26. The van der Waals surface area contributed by atoms with Gasteiger partial charge in [-0.05, 0) is 116 Å². The van der Waals surface area contributed by atoms with Gasteiger partial charge in [-0.25, -0.2) is 4.57 Å². The summed E-state index contributed by atoms with van der Waals surface area (Å²) in [5, 5.41) is 0. The lowest BCUT2D eigenvalue weighted by atomic mass is 10.0. The second kappa shape index (κ2) is 77.2. The highest BCUT2D eigenvalue weighted by Crippen LogP contribution is 2.43. The van der Waals surface area contributed by atoms with E-state index in [1.807, 2.05) is 0 Å². The molecule has 0 fully saturated rings. The molecule has 0 aromatic carbocycles. The fraction of sp³-hybridized carbons (Fsp3) is 0.711. The molecule has 534 valence electrons. The summed E-state index contributed by atoms with van der Waals surface area (Å²) in [6.45, 7) is 3.64. The molecule has 0 saturated carbocycles. The first-order chi connectivity index (χ1) is 45.8. The molecule has 0 radical (unpaired) electrons. The number of unbranched alkanes of at least 4 members (excludes halogenated alkanes) is 37. The Morgan fingerprint density at radius 2 is 0.591 bits per heavy atom. The van der Waals surface area contributed by atoms with E-state index in [4.69, 9.17) is 24.3 Å². The number of ether oxygens (including phenoxy) is 2. The summed E-state index contributed by atoms with van der Waals surface area (Å²) in [5.41, 5.74) is 5.41. The molecular weight excluding hydrogens is 1170 g/mol. The predicted molar refractivity (Wildman–Crippen MR) is 404 cm³/mol. The Morgan fingerprint density at radius 1 is 0.333 bits per heavy atom. The van der Waals surface area contributed by atoms with Gasteiger partial charge in [0.25, 0.3) is 0 Å². The van der Waals surface area contributed by atoms with Gasteiger partial charge < -0.3 is 20.1 Å². The zero-order valence-corrected chi connectivity index (χ0v) is 61.1. The summed E-state index contributed by atoms with van der Waals surface area (Å²) in [5.74, 6) is -0.828. The summed E-state index contributed by atoms with van der Waals surface area (Å²) in [4.78, 5) is 35.4. The van der Waals surface area contributed by atoms with Crippen molar-refractivity contribution in [3.8, 4) is 0 Å². The number of nitrogens with two attached hydrogens (primary N) is 1. The van der Waals surface area contributed by atoms with Crippen LogP contribution in [0.5, 0.6) is 0 Å². The molecular formula is C83H144NO8P. The average Bonchev–Trinajstić information content (AvgIpc) is 3.04. The van der Waals surface area contributed by atoms with Crippen LogP contribution < -0.4 is 5.73 Å². The quantitative estimate of drug-likeness (QED) is 0.0264. The molecule has 3 N–H and O–H groups in total. The molecule has 0 aliphatic heterocycles. The maximum absolute atomic E-state index is 12.8. The zero-order valence-electron chi connectivity index (χ0n) is 60.2. The molecule has 2 unspecified atom stereocenters. The Bertz CT molecular complexity index is 1990. The molecule has 0 aromatic rings. The number of carbonyl (C=O) groups excluding carboxylic acids is 2. The lowest BCUT2D eigenvalue weighted by Gasteiger charge is -2.19. The predicted octanol–water partition coefficient (Wildman–Crippen LogP) is 26.0. The van der Waals surface area contributed by atoms with Crippen molar-refractivity contribution in [3.63, 3.8) is 0 Å². The number of hydrogen-bond acceptors (Lipinski definition) is 8. The van der Waals surface area contributed by atoms with E-state index in [0.717, 1.165) is 109 Å². The standard InChI is InChI=1S/C83H144NO8P/c1-3-5-7-9-11-13-15-17-19-21-23-25-27-29-31-33-35-37-39-40-42-44-46-48-50-52-54-56-58-60-62-64-66-68-70-72-74-76-83(86)92-81(80-91-93(87,88)90-78-77-84)79-89-82(85)75-73-71-69-67-65-63-61-59-57-55-53-51-49-47-45-43-41-38-36-34-32-30-28-26-24-22-20-18-16-14-12-10-8-6-4-2/h5,7,11,13,16-19,22-25,29,31,35,37,40,42,46,48,52,54,81H,3-4,6,8-10,12,14-15,20-21,26-28,30,32-34,36,38-39,41,43-45,47,49-51,53,55-80,84H2,1-2H3,(H,87,88)/b7-5-,13-11-,18-16-,19-17-,24-22-,25-23-,31-29-,37-35-,42-40-,48-46-,54-52-. The van der Waals surface area contributed by atoms with Gasteiger partial charge in [-0.1, -0.05) is 353 Å². The normalized spacial score (nSPS) is 13.6. The summed E-state index contributed by atoms with van der Waals surface area (Å²) in [6, 6.07) is 0. The number of phosphoric ester groups is 1. The lowest BCUT2D eigenvalue weighted by molar-refractivity contribution is -0.161. The maximum atomic E-state index is 12.8. The van der Waals surface area contributed by atoms with Crippen LogP contribution in [-0.2, 0) is 32.7 Å². The minimum Gasteiger partial charge on any atom is -0.462 e. The largest absolute Gasteiger partial charge is 0.472 e. The van der Waals surface area contributed by atoms with Crippen LogP contribution in [0.15, 0.2) is 134 Å². The van der Waals surface area contributed by atoms with Crippen molar-refractivity contribution < 1.29 is 37.6 Å². The summed E-state index contributed by atoms with van der Waals surface area (Å²) in [6.07, 6.45) is 110. The van der Waals surface area contributed by atoms with E-state index in [1.165, 1.54) is 205 Å². The Morgan fingerprint density at radius 3 is 0.882 bits per heavy atom. The maximum Gasteiger partial charge on any atom is 0.472 e. The van der Waals surface area contributed by atoms with Crippen molar-refractivity contribution in [3.05, 3.63) is 134 Å². The van der Waals surface area contributed by atoms with Crippen molar-refractivity contribution in [2.45, 2.75) is 354 Å². The van der Waals surface area contributed by atoms with E-state index in [2.05, 4.69) is 148 Å². The first-order valence-corrected chi connectivity index (χ1v) is 40.2. The Kier molecular flexibility index (Phi) is 74.0. The first kappa shape index (κ1) is 89.2. The van der Waals surface area contributed by atoms with Crippen LogP contribution in [0, 0.1) is 0 Å². The minimum absolute atomic E-state index is 0.0481. The number of allylic oxidation sites excluding steroid dienone is 22. The molecule has 0 bridgehead atoms. The highest BCUT2D eigenvalue weighted by molar-refractivity contribution is 7.47. The molecule has 0 aliphatic rings. The van der Waals surface area contributed by atoms with Gasteiger partial charge in [0.1, 0.15) is 6.61 Å². The van der Waals surface area contributed by atoms with E-state index in [0.29, 0.717) is 6.42 Å². The zero-order chi connectivity index (χ0) is 67.2. The SMILES string of the molecule is CC/C=C\C/C=C\C/C=C\C/C=C\C/C=C\C/C=C\C/C=C\C/C=C\C/C=C\CCCCCCCCCCCC(=O)OC(COC(=O)CCCCCCCCCCCCCCCCCCCCCCCCC/C=C\C/C=C\CCCCCCC)COP(=O)(O)OCCN. The third kappa shape index (κ3) is 77.0. The van der Waals surface area contributed by atoms with Gasteiger partial charge >= 0.3 is 19.8 Å². The molecule has 0 aliphatic carbocycles. The van der Waals surface area contributed by atoms with Crippen molar-refractivity contribution in [1.29, 1.82) is 0 Å². The third-order valence-electron chi connectivity index (χ3n) is 16.5. The molecule has 0 heterocycles. The lowest BCUT2D eigenvalue weighted by Crippen LogP contribution is -2.29. The van der Waals surface area contributed by atoms with Crippen LogP contribution in [0.3, 0.4) is 0 Å². The summed E-state index contributed by atoms with van der Waals surface area (Å²) >= 11 is 0. The number of esters is 2. The summed E-state index contributed by atoms with van der Waals surface area (Å²) in [7, 11) is -4.40. The van der Waals surface area contributed by atoms with E-state index < -0.39 is 26.5 Å². The molecule has 9 nitrogen and oxygen atoms in total. The van der Waals surface area contributed by atoms with Crippen LogP contribution >= 0.6 is 7.82 Å². The first-order valence-electron chi connectivity index (χ1n) is 38.7. The molecule has 10 heteroatoms. The second-order valence-corrected chi connectivity index (χ2v) is 26.9. The van der Waals surface area contributed by atoms with Crippen molar-refractivity contribution >= 4 is 19.8 Å². The van der Waals surface area contributed by atoms with Gasteiger partial charge in [-0.15, -0.1) is 0 Å². The number of carbonyl (C=O) groups is 2. The fourth-order valence-electron chi connectivity index (χ4n) is 10.8. The molecule has 0 aromatic heterocycles. The smallest absolute Gasteiger partial charge is 0.462 e. The average molecular weight is 1320 g/mol. The molecule has 0 spiro atoms. The van der Waals surface area contributed by atoms with E-state index in [-0.39, 0.29) is 38.6 Å². The van der Waals surface area contributed by atoms with Crippen molar-refractivity contribution in [1.82, 2.24) is 0 Å². The van der Waals surface area contributed by atoms with Gasteiger partial charge in [0.05, 0.1) is 13.2 Å². The fourth-order valence-corrected chi connectivity index (χ4v) is 11.6. The monoisotopic (exact) mass is 1310 g/mol. The van der Waals surface area contributed by atoms with E-state index in [1.54, 1.807) is 0 Å². The van der Waals surface area contributed by atoms with Crippen LogP contribution in [0.4, 0.5) is 0 Å². The third-order valence-corrected chi connectivity index (χ3v) is 17.5. The number of phosphoric acid groups is 1. The topological polar surface area (TPSA) is 134 Å². The molecule has 93 heavy (non-hydrogen) atoms. The number of hydrogen-bond donors (Lipinski definition) is 2. The second-order valence-electron chi connectivity index (χ2n) is 25.5. The van der Waals surface area contributed by atoms with Crippen LogP contribution in [0.25, 0.3) is 0 Å². The van der Waals surface area contributed by atoms with Crippen LogP contribution in [-0.4, -0.2) is 49.3 Å². The van der Waals surface area contributed by atoms with Gasteiger partial charge in [0, 0.05) is 19.4 Å². The van der Waals surface area contributed by atoms with Gasteiger partial charge in [-0.2, -0.15) is 0 Å².